The van der Waals surface area contributed by atoms with Crippen molar-refractivity contribution in [3.63, 3.8) is 0 Å². The molecule has 0 radical (unpaired) electrons. The number of nitrogens with zero attached hydrogens (tertiary/aromatic N) is 3. The fourth-order valence-electron chi connectivity index (χ4n) is 2.00. The second-order valence-corrected chi connectivity index (χ2v) is 6.10. The van der Waals surface area contributed by atoms with Crippen LogP contribution in [0, 0.1) is 0 Å². The molecule has 0 atom stereocenters. The Morgan fingerprint density at radius 3 is 2.76 bits per heavy atom. The van der Waals surface area contributed by atoms with E-state index < -0.39 is 5.91 Å². The number of nitrogens with one attached hydrogen (secondary N) is 1. The van der Waals surface area contributed by atoms with Gasteiger partial charge < -0.3 is 11.1 Å². The van der Waals surface area contributed by atoms with E-state index in [2.05, 4.69) is 15.4 Å². The molecule has 0 aliphatic heterocycles. The molecule has 0 fully saturated rings. The first-order chi connectivity index (χ1) is 9.79. The van der Waals surface area contributed by atoms with Gasteiger partial charge in [0.2, 0.25) is 0 Å². The van der Waals surface area contributed by atoms with Gasteiger partial charge in [-0.05, 0) is 39.0 Å². The molecule has 6 nitrogen and oxygen atoms in total. The molecule has 0 aliphatic carbocycles. The highest BCUT2D eigenvalue weighted by molar-refractivity contribution is 6.31. The molecular weight excluding hydrogens is 290 g/mol. The largest absolute Gasteiger partial charge is 0.377 e. The predicted octanol–water partition coefficient (Wildman–Crippen LogP) is 2.40. The van der Waals surface area contributed by atoms with Crippen LogP contribution in [0.15, 0.2) is 24.5 Å². The first-order valence-electron chi connectivity index (χ1n) is 6.51. The van der Waals surface area contributed by atoms with Crippen LogP contribution in [0.25, 0.3) is 0 Å². The molecule has 0 aliphatic rings. The Bertz CT molecular complexity index is 660. The predicted molar refractivity (Wildman–Crippen MR) is 82.3 cm³/mol. The maximum Gasteiger partial charge on any atom is 0.250 e. The molecule has 21 heavy (non-hydrogen) atoms. The molecule has 1 aromatic carbocycles. The van der Waals surface area contributed by atoms with Crippen LogP contribution >= 0.6 is 11.6 Å². The number of halogens is 1. The minimum absolute atomic E-state index is 0.167. The molecule has 3 N–H and O–H groups in total. The van der Waals surface area contributed by atoms with Gasteiger partial charge in [0.25, 0.3) is 5.91 Å². The molecule has 2 aromatic rings. The van der Waals surface area contributed by atoms with Crippen molar-refractivity contribution < 1.29 is 4.79 Å². The fourth-order valence-corrected chi connectivity index (χ4v) is 2.17. The lowest BCUT2D eigenvalue weighted by Gasteiger charge is -2.21. The van der Waals surface area contributed by atoms with Crippen LogP contribution in [0.2, 0.25) is 5.02 Å². The number of primary amides is 1. The van der Waals surface area contributed by atoms with Crippen molar-refractivity contribution in [1.29, 1.82) is 0 Å². The van der Waals surface area contributed by atoms with Crippen molar-refractivity contribution >= 4 is 23.2 Å². The lowest BCUT2D eigenvalue weighted by molar-refractivity contribution is 0.100. The van der Waals surface area contributed by atoms with Gasteiger partial charge in [-0.1, -0.05) is 11.6 Å². The standard InChI is InChI=1S/C14H18ClN5O/c1-14(2,3)20-12(18-8-19-20)7-17-11-5-4-9(15)6-10(11)13(16)21/h4-6,8,17H,7H2,1-3H3,(H2,16,21). The molecule has 0 saturated carbocycles. The molecule has 1 heterocycles. The van der Waals surface area contributed by atoms with E-state index in [1.165, 1.54) is 6.33 Å². The van der Waals surface area contributed by atoms with Crippen LogP contribution in [0.3, 0.4) is 0 Å². The number of anilines is 1. The summed E-state index contributed by atoms with van der Waals surface area (Å²) in [4.78, 5) is 15.7. The number of aromatic nitrogens is 3. The second-order valence-electron chi connectivity index (χ2n) is 5.67. The molecule has 1 amide bonds. The number of carbonyl (C=O) groups is 1. The zero-order chi connectivity index (χ0) is 15.6. The highest BCUT2D eigenvalue weighted by Gasteiger charge is 2.18. The lowest BCUT2D eigenvalue weighted by atomic mass is 10.1. The summed E-state index contributed by atoms with van der Waals surface area (Å²) in [6, 6.07) is 4.96. The van der Waals surface area contributed by atoms with Crippen molar-refractivity contribution in [2.24, 2.45) is 5.73 Å². The Balaban J connectivity index is 2.22. The van der Waals surface area contributed by atoms with Crippen molar-refractivity contribution in [2.75, 3.05) is 5.32 Å². The Kier molecular flexibility index (Phi) is 4.18. The molecule has 2 rings (SSSR count). The molecule has 0 saturated heterocycles. The number of hydrogen-bond donors (Lipinski definition) is 2. The minimum Gasteiger partial charge on any atom is -0.377 e. The fraction of sp³-hybridized carbons (Fsp3) is 0.357. The van der Waals surface area contributed by atoms with E-state index in [-0.39, 0.29) is 5.54 Å². The first kappa shape index (κ1) is 15.3. The molecule has 112 valence electrons. The summed E-state index contributed by atoms with van der Waals surface area (Å²) in [6.45, 7) is 6.56. The van der Waals surface area contributed by atoms with Crippen molar-refractivity contribution in [1.82, 2.24) is 14.8 Å². The van der Waals surface area contributed by atoms with E-state index in [0.717, 1.165) is 5.82 Å². The Morgan fingerprint density at radius 1 is 1.43 bits per heavy atom. The zero-order valence-electron chi connectivity index (χ0n) is 12.2. The average molecular weight is 308 g/mol. The number of benzene rings is 1. The summed E-state index contributed by atoms with van der Waals surface area (Å²) in [7, 11) is 0. The van der Waals surface area contributed by atoms with Crippen LogP contribution in [0.5, 0.6) is 0 Å². The topological polar surface area (TPSA) is 85.8 Å². The zero-order valence-corrected chi connectivity index (χ0v) is 13.0. The monoisotopic (exact) mass is 307 g/mol. The first-order valence-corrected chi connectivity index (χ1v) is 6.89. The SMILES string of the molecule is CC(C)(C)n1ncnc1CNc1ccc(Cl)cc1C(N)=O. The lowest BCUT2D eigenvalue weighted by Crippen LogP contribution is -2.26. The van der Waals surface area contributed by atoms with Crippen LogP contribution < -0.4 is 11.1 Å². The Morgan fingerprint density at radius 2 is 2.14 bits per heavy atom. The van der Waals surface area contributed by atoms with E-state index >= 15 is 0 Å². The maximum atomic E-state index is 11.5. The highest BCUT2D eigenvalue weighted by atomic mass is 35.5. The van der Waals surface area contributed by atoms with Gasteiger partial charge in [0, 0.05) is 10.7 Å². The number of nitrogens with two attached hydrogens (primary N) is 1. The van der Waals surface area contributed by atoms with E-state index in [9.17, 15) is 4.79 Å². The van der Waals surface area contributed by atoms with Crippen molar-refractivity contribution in [3.8, 4) is 0 Å². The normalized spacial score (nSPS) is 11.4. The van der Waals surface area contributed by atoms with E-state index in [1.54, 1.807) is 18.2 Å². The highest BCUT2D eigenvalue weighted by Crippen LogP contribution is 2.21. The molecule has 7 heteroatoms. The van der Waals surface area contributed by atoms with Gasteiger partial charge in [0.15, 0.2) is 0 Å². The van der Waals surface area contributed by atoms with E-state index in [4.69, 9.17) is 17.3 Å². The van der Waals surface area contributed by atoms with Gasteiger partial charge in [0.05, 0.1) is 17.6 Å². The second kappa shape index (κ2) is 5.73. The van der Waals surface area contributed by atoms with Crippen LogP contribution in [-0.2, 0) is 12.1 Å². The summed E-state index contributed by atoms with van der Waals surface area (Å²) < 4.78 is 1.83. The van der Waals surface area contributed by atoms with Crippen LogP contribution in [0.1, 0.15) is 37.0 Å². The van der Waals surface area contributed by atoms with Gasteiger partial charge in [0.1, 0.15) is 12.2 Å². The van der Waals surface area contributed by atoms with Crippen LogP contribution in [-0.4, -0.2) is 20.7 Å². The number of rotatable bonds is 4. The summed E-state index contributed by atoms with van der Waals surface area (Å²) in [5.41, 5.74) is 6.17. The smallest absolute Gasteiger partial charge is 0.250 e. The van der Waals surface area contributed by atoms with Crippen molar-refractivity contribution in [2.45, 2.75) is 32.9 Å². The van der Waals surface area contributed by atoms with Gasteiger partial charge in [-0.3, -0.25) is 4.79 Å². The average Bonchev–Trinajstić information content (AvgIpc) is 2.85. The third kappa shape index (κ3) is 3.52. The minimum atomic E-state index is -0.530. The Hall–Kier alpha value is -2.08. The van der Waals surface area contributed by atoms with Crippen molar-refractivity contribution in [3.05, 3.63) is 40.9 Å². The van der Waals surface area contributed by atoms with E-state index in [1.807, 2.05) is 25.5 Å². The van der Waals surface area contributed by atoms with Gasteiger partial charge in [-0.25, -0.2) is 9.67 Å². The number of hydrogen-bond acceptors (Lipinski definition) is 4. The molecular formula is C14H18ClN5O. The van der Waals surface area contributed by atoms with E-state index in [0.29, 0.717) is 22.8 Å². The van der Waals surface area contributed by atoms with Crippen LogP contribution in [0.4, 0.5) is 5.69 Å². The van der Waals surface area contributed by atoms with Gasteiger partial charge in [-0.2, -0.15) is 5.10 Å². The number of amides is 1. The summed E-state index contributed by atoms with van der Waals surface area (Å²) >= 11 is 5.88. The molecule has 0 bridgehead atoms. The summed E-state index contributed by atoms with van der Waals surface area (Å²) in [5, 5.41) is 7.84. The maximum absolute atomic E-state index is 11.5. The quantitative estimate of drug-likeness (QED) is 0.908. The summed E-state index contributed by atoms with van der Waals surface area (Å²) in [5.74, 6) is 0.241. The molecule has 0 spiro atoms. The van der Waals surface area contributed by atoms with Gasteiger partial charge >= 0.3 is 0 Å². The van der Waals surface area contributed by atoms with Gasteiger partial charge in [-0.15, -0.1) is 0 Å². The Labute approximate surface area is 128 Å². The number of carbonyl (C=O) groups excluding carboxylic acids is 1. The third-order valence-electron chi connectivity index (χ3n) is 2.94. The summed E-state index contributed by atoms with van der Waals surface area (Å²) in [6.07, 6.45) is 1.51. The molecule has 0 unspecified atom stereocenters. The third-order valence-corrected chi connectivity index (χ3v) is 3.17. The molecule has 1 aromatic heterocycles.